The van der Waals surface area contributed by atoms with Gasteiger partial charge in [-0.2, -0.15) is 0 Å². The van der Waals surface area contributed by atoms with E-state index in [1.54, 1.807) is 6.92 Å². The van der Waals surface area contributed by atoms with Crippen LogP contribution in [-0.2, 0) is 43.2 Å². The van der Waals surface area contributed by atoms with Crippen LogP contribution in [0.4, 0.5) is 13.2 Å². The number of likely N-dealkylation sites (N-methyl/N-ethyl adjacent to an activating group) is 1. The molecule has 0 spiro atoms. The molecular formula is C60H98F3N11O10. The standard InChI is InChI=1S/C60H98F3N11O10/c1-14-29-60(12,56(84)68-44(35-38(4)5)50(78)70-58(8,9)54(82)71-57(6,7)53(81)65-30-28-47(75)64-31-33-73(13)36-46(62)63)72-55(83)59(10,11)69-49(77)43(34-37(2)3)67-48(76)42(27-22-39-19-16-15-17-20-39)66-51(79)45-21-18-32-74(45)52(80)40-23-25-41(61)26-24-40/h23-26,37-39,42-46H,14-22,27-36H2,1-13H3,(H,64,75)(H,65,81)(H,66,79)(H,67,76)(H,68,84)(H,69,77)(H,70,78)(H,71,82)(H,72,83)/t42-,43-,44-,45-,60-/m0/s1. The van der Waals surface area contributed by atoms with E-state index in [1.165, 1.54) is 89.6 Å². The van der Waals surface area contributed by atoms with Gasteiger partial charge in [-0.05, 0) is 142 Å². The molecule has 24 heteroatoms. The molecule has 10 amide bonds. The van der Waals surface area contributed by atoms with Gasteiger partial charge in [0, 0.05) is 38.2 Å². The molecule has 0 radical (unpaired) electrons. The van der Waals surface area contributed by atoms with Gasteiger partial charge in [0.2, 0.25) is 53.2 Å². The highest BCUT2D eigenvalue weighted by Gasteiger charge is 2.44. The molecule has 1 saturated carbocycles. The highest BCUT2D eigenvalue weighted by molar-refractivity contribution is 6.01. The van der Waals surface area contributed by atoms with Crippen molar-refractivity contribution in [2.24, 2.45) is 17.8 Å². The van der Waals surface area contributed by atoms with Gasteiger partial charge in [-0.15, -0.1) is 0 Å². The van der Waals surface area contributed by atoms with Crippen molar-refractivity contribution >= 4 is 59.1 Å². The minimum atomic E-state index is -2.51. The summed E-state index contributed by atoms with van der Waals surface area (Å²) in [6, 6.07) is 0.745. The summed E-state index contributed by atoms with van der Waals surface area (Å²) in [7, 11) is 1.50. The zero-order chi connectivity index (χ0) is 63.3. The first-order valence-corrected chi connectivity index (χ1v) is 29.9. The van der Waals surface area contributed by atoms with Crippen LogP contribution in [0.2, 0.25) is 0 Å². The fourth-order valence-electron chi connectivity index (χ4n) is 10.3. The predicted octanol–water partition coefficient (Wildman–Crippen LogP) is 4.52. The molecule has 1 aromatic rings. The normalized spacial score (nSPS) is 16.9. The highest BCUT2D eigenvalue weighted by atomic mass is 19.3. The van der Waals surface area contributed by atoms with Gasteiger partial charge in [-0.1, -0.05) is 73.1 Å². The second kappa shape index (κ2) is 32.8. The van der Waals surface area contributed by atoms with Gasteiger partial charge >= 0.3 is 0 Å². The van der Waals surface area contributed by atoms with Crippen LogP contribution in [0.5, 0.6) is 0 Å². The van der Waals surface area contributed by atoms with Gasteiger partial charge < -0.3 is 52.8 Å². The summed E-state index contributed by atoms with van der Waals surface area (Å²) in [6.45, 7) is 19.4. The first kappa shape index (κ1) is 71.9. The van der Waals surface area contributed by atoms with Crippen molar-refractivity contribution in [1.82, 2.24) is 57.7 Å². The number of carbonyl (C=O) groups is 10. The van der Waals surface area contributed by atoms with Crippen LogP contribution in [0.25, 0.3) is 0 Å². The van der Waals surface area contributed by atoms with E-state index in [-0.39, 0.29) is 69.1 Å². The lowest BCUT2D eigenvalue weighted by Gasteiger charge is -2.36. The van der Waals surface area contributed by atoms with Gasteiger partial charge in [-0.3, -0.25) is 52.8 Å². The molecule has 1 aliphatic heterocycles. The van der Waals surface area contributed by atoms with Crippen LogP contribution in [0.15, 0.2) is 24.3 Å². The van der Waals surface area contributed by atoms with E-state index in [9.17, 15) is 61.1 Å². The number of carbonyl (C=O) groups excluding carboxylic acids is 10. The molecule has 2 aliphatic rings. The maximum Gasteiger partial charge on any atom is 0.254 e. The van der Waals surface area contributed by atoms with Gasteiger partial charge in [0.1, 0.15) is 52.1 Å². The van der Waals surface area contributed by atoms with Crippen molar-refractivity contribution < 1.29 is 61.1 Å². The van der Waals surface area contributed by atoms with E-state index >= 15 is 0 Å². The maximum absolute atomic E-state index is 14.4. The number of alkyl halides is 2. The molecule has 1 heterocycles. The Labute approximate surface area is 495 Å². The van der Waals surface area contributed by atoms with Crippen molar-refractivity contribution in [3.8, 4) is 0 Å². The van der Waals surface area contributed by atoms with Crippen LogP contribution in [0.1, 0.15) is 183 Å². The van der Waals surface area contributed by atoms with Crippen molar-refractivity contribution in [3.05, 3.63) is 35.6 Å². The summed E-state index contributed by atoms with van der Waals surface area (Å²) in [4.78, 5) is 141. The lowest BCUT2D eigenvalue weighted by molar-refractivity contribution is -0.141. The number of amides is 10. The second-order valence-electron chi connectivity index (χ2n) is 25.5. The van der Waals surface area contributed by atoms with Crippen molar-refractivity contribution in [2.75, 3.05) is 39.8 Å². The Hall–Kier alpha value is -6.33. The molecule has 1 aromatic carbocycles. The Balaban J connectivity index is 1.72. The van der Waals surface area contributed by atoms with Crippen LogP contribution in [0.3, 0.4) is 0 Å². The number of hydrogen-bond acceptors (Lipinski definition) is 11. The van der Waals surface area contributed by atoms with E-state index in [2.05, 4.69) is 47.9 Å². The number of rotatable bonds is 33. The Bertz CT molecular complexity index is 2420. The predicted molar refractivity (Wildman–Crippen MR) is 313 cm³/mol. The summed E-state index contributed by atoms with van der Waals surface area (Å²) in [5.74, 6) is -6.69. The Kier molecular flexibility index (Phi) is 28.1. The number of benzene rings is 1. The SMILES string of the molecule is CCC[C@](C)(NC(=O)C(C)(C)NC(=O)[C@H](CC(C)C)NC(=O)[C@H](CCC1CCCCC1)NC(=O)[C@@H]1CCCN1C(=O)c1ccc(F)cc1)C(=O)N[C@@H](CC(C)C)C(=O)NC(C)(C)C(=O)NC(C)(C)C(=O)NCCC(=O)NCCN(C)CC(F)F. The average Bonchev–Trinajstić information content (AvgIpc) is 3.97. The van der Waals surface area contributed by atoms with E-state index in [0.717, 1.165) is 32.1 Å². The molecule has 5 atom stereocenters. The number of nitrogens with one attached hydrogen (secondary N) is 9. The molecule has 474 valence electrons. The minimum Gasteiger partial charge on any atom is -0.355 e. The molecule has 0 bridgehead atoms. The second-order valence-corrected chi connectivity index (χ2v) is 25.5. The van der Waals surface area contributed by atoms with E-state index < -0.39 is 124 Å². The third-order valence-corrected chi connectivity index (χ3v) is 15.3. The molecular weight excluding hydrogens is 1090 g/mol. The molecule has 0 aromatic heterocycles. The summed E-state index contributed by atoms with van der Waals surface area (Å²) >= 11 is 0. The molecule has 21 nitrogen and oxygen atoms in total. The van der Waals surface area contributed by atoms with E-state index in [1.807, 2.05) is 27.7 Å². The van der Waals surface area contributed by atoms with E-state index in [4.69, 9.17) is 0 Å². The zero-order valence-corrected chi connectivity index (χ0v) is 52.0. The first-order chi connectivity index (χ1) is 39.1. The third kappa shape index (κ3) is 23.3. The summed E-state index contributed by atoms with van der Waals surface area (Å²) in [6.07, 6.45) is 5.18. The third-order valence-electron chi connectivity index (χ3n) is 15.3. The van der Waals surface area contributed by atoms with Crippen LogP contribution >= 0.6 is 0 Å². The lowest BCUT2D eigenvalue weighted by atomic mass is 9.85. The zero-order valence-electron chi connectivity index (χ0n) is 52.0. The lowest BCUT2D eigenvalue weighted by Crippen LogP contribution is -2.67. The van der Waals surface area contributed by atoms with Crippen LogP contribution < -0.4 is 47.9 Å². The van der Waals surface area contributed by atoms with E-state index in [0.29, 0.717) is 38.1 Å². The van der Waals surface area contributed by atoms with Crippen LogP contribution in [-0.4, -0.2) is 161 Å². The largest absolute Gasteiger partial charge is 0.355 e. The average molecular weight is 1190 g/mol. The molecule has 84 heavy (non-hydrogen) atoms. The smallest absolute Gasteiger partial charge is 0.254 e. The molecule has 1 saturated heterocycles. The highest BCUT2D eigenvalue weighted by Crippen LogP contribution is 2.29. The number of halogens is 3. The quantitative estimate of drug-likeness (QED) is 0.0472. The van der Waals surface area contributed by atoms with Crippen molar-refractivity contribution in [1.29, 1.82) is 0 Å². The van der Waals surface area contributed by atoms with Gasteiger partial charge in [-0.25, -0.2) is 13.2 Å². The monoisotopic (exact) mass is 1190 g/mol. The molecule has 2 fully saturated rings. The maximum atomic E-state index is 14.4. The molecule has 9 N–H and O–H groups in total. The summed E-state index contributed by atoms with van der Waals surface area (Å²) in [5.41, 5.74) is -6.27. The van der Waals surface area contributed by atoms with Crippen LogP contribution in [0, 0.1) is 23.6 Å². The van der Waals surface area contributed by atoms with Crippen molar-refractivity contribution in [3.63, 3.8) is 0 Å². The van der Waals surface area contributed by atoms with Crippen molar-refractivity contribution in [2.45, 2.75) is 226 Å². The van der Waals surface area contributed by atoms with Gasteiger partial charge in [0.05, 0.1) is 6.54 Å². The molecule has 3 rings (SSSR count). The summed E-state index contributed by atoms with van der Waals surface area (Å²) < 4.78 is 38.9. The summed E-state index contributed by atoms with van der Waals surface area (Å²) in [5, 5.41) is 24.7. The first-order valence-electron chi connectivity index (χ1n) is 29.9. The fraction of sp³-hybridized carbons (Fsp3) is 0.733. The molecule has 0 unspecified atom stereocenters. The Morgan fingerprint density at radius 2 is 1.18 bits per heavy atom. The number of nitrogens with zero attached hydrogens (tertiary/aromatic N) is 2. The Morgan fingerprint density at radius 3 is 1.73 bits per heavy atom. The Morgan fingerprint density at radius 1 is 0.631 bits per heavy atom. The van der Waals surface area contributed by atoms with Gasteiger partial charge in [0.25, 0.3) is 12.3 Å². The fourth-order valence-corrected chi connectivity index (χ4v) is 10.3. The topological polar surface area (TPSA) is 285 Å². The number of hydrogen-bond donors (Lipinski definition) is 9. The minimum absolute atomic E-state index is 0.0871. The number of likely N-dealkylation sites (tertiary alicyclic amines) is 1. The van der Waals surface area contributed by atoms with Gasteiger partial charge in [0.15, 0.2) is 0 Å². The molecule has 1 aliphatic carbocycles.